The molecule has 0 spiro atoms. The molecule has 0 heterocycles. The number of benzene rings is 2. The molecule has 0 unspecified atom stereocenters. The molecule has 0 bridgehead atoms. The highest BCUT2D eigenvalue weighted by atomic mass is 35.5. The van der Waals surface area contributed by atoms with E-state index in [0.29, 0.717) is 18.5 Å². The third-order valence-corrected chi connectivity index (χ3v) is 3.38. The molecule has 0 atom stereocenters. The first-order valence-electron chi connectivity index (χ1n) is 7.27. The number of aryl methyl sites for hydroxylation is 1. The van der Waals surface area contributed by atoms with Crippen molar-refractivity contribution < 1.29 is 14.5 Å². The summed E-state index contributed by atoms with van der Waals surface area (Å²) in [6.07, 6.45) is 0. The molecule has 4 nitrogen and oxygen atoms in total. The van der Waals surface area contributed by atoms with Crippen LogP contribution in [0.3, 0.4) is 0 Å². The summed E-state index contributed by atoms with van der Waals surface area (Å²) in [5.74, 6) is 0. The Labute approximate surface area is 143 Å². The molecule has 2 aromatic rings. The number of methoxy groups -OCH3 is 2. The van der Waals surface area contributed by atoms with Crippen LogP contribution in [-0.4, -0.2) is 39.6 Å². The molecule has 124 valence electrons. The molecule has 2 rings (SSSR count). The minimum atomic E-state index is -0.611. The third kappa shape index (κ3) is 7.16. The lowest BCUT2D eigenvalue weighted by atomic mass is 9.55. The molecule has 0 amide bonds. The van der Waals surface area contributed by atoms with Gasteiger partial charge in [0.15, 0.2) is 0 Å². The Kier molecular flexibility index (Phi) is 9.60. The van der Waals surface area contributed by atoms with E-state index in [1.807, 2.05) is 43.3 Å². The fourth-order valence-corrected chi connectivity index (χ4v) is 2.19. The highest BCUT2D eigenvalue weighted by molar-refractivity contribution is 6.79. The van der Waals surface area contributed by atoms with Crippen molar-refractivity contribution in [1.29, 1.82) is 0 Å². The largest absolute Gasteiger partial charge is 0.443 e. The first-order valence-corrected chi connectivity index (χ1v) is 7.65. The summed E-state index contributed by atoms with van der Waals surface area (Å²) in [6.45, 7) is 2.48. The van der Waals surface area contributed by atoms with E-state index in [0.717, 1.165) is 16.5 Å². The molecule has 0 saturated heterocycles. The molecule has 0 radical (unpaired) electrons. The maximum absolute atomic E-state index is 10.2. The summed E-state index contributed by atoms with van der Waals surface area (Å²) in [5, 5.41) is 13.7. The molecular weight excluding hydrogens is 312 g/mol. The summed E-state index contributed by atoms with van der Waals surface area (Å²) in [4.78, 5) is 0. The van der Waals surface area contributed by atoms with E-state index < -0.39 is 6.92 Å². The fourth-order valence-electron chi connectivity index (χ4n) is 2.00. The number of hydrogen-bond donors (Lipinski definition) is 2. The molecule has 6 heteroatoms. The molecule has 0 aliphatic heterocycles. The quantitative estimate of drug-likeness (QED) is 0.477. The van der Waals surface area contributed by atoms with Crippen molar-refractivity contribution in [2.75, 3.05) is 27.7 Å². The van der Waals surface area contributed by atoms with Gasteiger partial charge in [-0.25, -0.2) is 0 Å². The fraction of sp³-hybridized carbons (Fsp3) is 0.294. The van der Waals surface area contributed by atoms with Crippen LogP contribution in [0.2, 0.25) is 5.02 Å². The zero-order chi connectivity index (χ0) is 17.1. The standard InChI is InChI=1S/C13H12BClO.C4H11NO2/c1-10-5-2-3-8-13(10)14(16)11-6-4-7-12(15)9-11;1-6-3-5-4-7-2/h2-9,16H,1H3;5H,3-4H2,1-2H3. The van der Waals surface area contributed by atoms with E-state index in [4.69, 9.17) is 11.6 Å². The lowest BCUT2D eigenvalue weighted by Gasteiger charge is -2.10. The highest BCUT2D eigenvalue weighted by Crippen LogP contribution is 2.05. The van der Waals surface area contributed by atoms with Gasteiger partial charge in [0.1, 0.15) is 0 Å². The summed E-state index contributed by atoms with van der Waals surface area (Å²) in [6, 6.07) is 15.1. The SMILES string of the molecule is COCNCOC.Cc1ccccc1B(O)c1cccc(Cl)c1. The number of rotatable bonds is 6. The third-order valence-electron chi connectivity index (χ3n) is 3.14. The van der Waals surface area contributed by atoms with Gasteiger partial charge in [0, 0.05) is 19.2 Å². The maximum Gasteiger partial charge on any atom is 0.359 e. The van der Waals surface area contributed by atoms with Gasteiger partial charge in [0.05, 0.1) is 13.5 Å². The van der Waals surface area contributed by atoms with Gasteiger partial charge in [0.25, 0.3) is 0 Å². The first-order chi connectivity index (χ1) is 11.1. The van der Waals surface area contributed by atoms with Crippen LogP contribution in [0.4, 0.5) is 0 Å². The summed E-state index contributed by atoms with van der Waals surface area (Å²) >= 11 is 5.91. The predicted octanol–water partition coefficient (Wildman–Crippen LogP) is 1.53. The summed E-state index contributed by atoms with van der Waals surface area (Å²) < 4.78 is 9.31. The normalized spacial score (nSPS) is 9.96. The van der Waals surface area contributed by atoms with Gasteiger partial charge in [-0.05, 0) is 30.0 Å². The number of halogens is 1. The summed E-state index contributed by atoms with van der Waals surface area (Å²) in [5.41, 5.74) is 2.82. The lowest BCUT2D eigenvalue weighted by molar-refractivity contribution is 0.110. The van der Waals surface area contributed by atoms with Gasteiger partial charge in [-0.1, -0.05) is 53.6 Å². The van der Waals surface area contributed by atoms with Gasteiger partial charge in [-0.15, -0.1) is 0 Å². The van der Waals surface area contributed by atoms with Crippen LogP contribution in [0.1, 0.15) is 5.56 Å². The van der Waals surface area contributed by atoms with Crippen LogP contribution >= 0.6 is 11.6 Å². The molecule has 0 aromatic heterocycles. The first kappa shape index (κ1) is 19.7. The molecule has 2 aromatic carbocycles. The lowest BCUT2D eigenvalue weighted by Crippen LogP contribution is -2.43. The van der Waals surface area contributed by atoms with E-state index >= 15 is 0 Å². The topological polar surface area (TPSA) is 50.7 Å². The Hall–Kier alpha value is -1.37. The Morgan fingerprint density at radius 1 is 1.04 bits per heavy atom. The minimum Gasteiger partial charge on any atom is -0.443 e. The van der Waals surface area contributed by atoms with E-state index in [-0.39, 0.29) is 0 Å². The van der Waals surface area contributed by atoms with E-state index in [1.165, 1.54) is 0 Å². The molecular formula is C17H23BClNO3. The van der Waals surface area contributed by atoms with E-state index in [9.17, 15) is 5.02 Å². The Balaban J connectivity index is 0.000000322. The second-order valence-electron chi connectivity index (χ2n) is 4.93. The molecule has 0 aliphatic carbocycles. The number of hydrogen-bond acceptors (Lipinski definition) is 4. The number of ether oxygens (including phenoxy) is 2. The average Bonchev–Trinajstić information content (AvgIpc) is 2.56. The molecule has 0 fully saturated rings. The zero-order valence-corrected chi connectivity index (χ0v) is 14.5. The maximum atomic E-state index is 10.2. The average molecular weight is 336 g/mol. The minimum absolute atomic E-state index is 0.549. The smallest absolute Gasteiger partial charge is 0.359 e. The Bertz CT molecular complexity index is 579. The van der Waals surface area contributed by atoms with Gasteiger partial charge < -0.3 is 14.5 Å². The van der Waals surface area contributed by atoms with Gasteiger partial charge >= 0.3 is 6.92 Å². The monoisotopic (exact) mass is 335 g/mol. The van der Waals surface area contributed by atoms with Crippen LogP contribution in [0, 0.1) is 6.92 Å². The van der Waals surface area contributed by atoms with Crippen molar-refractivity contribution in [2.24, 2.45) is 0 Å². The number of nitrogens with one attached hydrogen (secondary N) is 1. The van der Waals surface area contributed by atoms with E-state index in [2.05, 4.69) is 14.8 Å². The highest BCUT2D eigenvalue weighted by Gasteiger charge is 2.18. The van der Waals surface area contributed by atoms with Gasteiger partial charge in [-0.2, -0.15) is 0 Å². The van der Waals surface area contributed by atoms with Gasteiger partial charge in [-0.3, -0.25) is 5.32 Å². The summed E-state index contributed by atoms with van der Waals surface area (Å²) in [7, 11) is 3.26. The van der Waals surface area contributed by atoms with E-state index in [1.54, 1.807) is 26.4 Å². The molecule has 23 heavy (non-hydrogen) atoms. The van der Waals surface area contributed by atoms with Crippen LogP contribution < -0.4 is 16.2 Å². The van der Waals surface area contributed by atoms with Gasteiger partial charge in [0.2, 0.25) is 0 Å². The van der Waals surface area contributed by atoms with Crippen molar-refractivity contribution >= 4 is 29.4 Å². The van der Waals surface area contributed by atoms with Crippen LogP contribution in [0.5, 0.6) is 0 Å². The Morgan fingerprint density at radius 2 is 1.70 bits per heavy atom. The van der Waals surface area contributed by atoms with Crippen molar-refractivity contribution in [3.63, 3.8) is 0 Å². The van der Waals surface area contributed by atoms with Crippen LogP contribution in [-0.2, 0) is 9.47 Å². The Morgan fingerprint density at radius 3 is 2.26 bits per heavy atom. The van der Waals surface area contributed by atoms with Crippen molar-refractivity contribution in [3.8, 4) is 0 Å². The second kappa shape index (κ2) is 11.2. The van der Waals surface area contributed by atoms with Crippen molar-refractivity contribution in [2.45, 2.75) is 6.92 Å². The molecule has 2 N–H and O–H groups in total. The zero-order valence-electron chi connectivity index (χ0n) is 13.8. The predicted molar refractivity (Wildman–Crippen MR) is 96.8 cm³/mol. The van der Waals surface area contributed by atoms with Crippen molar-refractivity contribution in [1.82, 2.24) is 5.32 Å². The second-order valence-corrected chi connectivity index (χ2v) is 5.37. The van der Waals surface area contributed by atoms with Crippen molar-refractivity contribution in [3.05, 3.63) is 59.1 Å². The van der Waals surface area contributed by atoms with Crippen LogP contribution in [0.15, 0.2) is 48.5 Å². The van der Waals surface area contributed by atoms with Crippen LogP contribution in [0.25, 0.3) is 0 Å². The molecule has 0 aliphatic rings. The molecule has 0 saturated carbocycles.